The molecule has 1 atom stereocenters. The van der Waals surface area contributed by atoms with Crippen molar-refractivity contribution in [3.05, 3.63) is 52.6 Å². The summed E-state index contributed by atoms with van der Waals surface area (Å²) in [6.45, 7) is 3.48. The van der Waals surface area contributed by atoms with Crippen molar-refractivity contribution in [3.63, 3.8) is 0 Å². The Labute approximate surface area is 145 Å². The van der Waals surface area contributed by atoms with Crippen LogP contribution in [0, 0.1) is 6.92 Å². The molecule has 1 saturated heterocycles. The second-order valence-electron chi connectivity index (χ2n) is 6.38. The molecule has 0 amide bonds. The summed E-state index contributed by atoms with van der Waals surface area (Å²) in [4.78, 5) is 30.2. The van der Waals surface area contributed by atoms with Gasteiger partial charge in [-0.1, -0.05) is 12.1 Å². The molecule has 0 saturated carbocycles. The van der Waals surface area contributed by atoms with E-state index in [2.05, 4.69) is 30.2 Å². The third kappa shape index (κ3) is 3.45. The number of anilines is 2. The maximum absolute atomic E-state index is 11.7. The number of aromatic nitrogens is 4. The van der Waals surface area contributed by atoms with E-state index in [1.807, 2.05) is 31.2 Å². The molecule has 0 radical (unpaired) electrons. The van der Waals surface area contributed by atoms with Gasteiger partial charge in [-0.25, -0.2) is 9.97 Å². The van der Waals surface area contributed by atoms with Gasteiger partial charge < -0.3 is 10.2 Å². The van der Waals surface area contributed by atoms with Crippen LogP contribution in [0.2, 0.25) is 0 Å². The average Bonchev–Trinajstić information content (AvgIpc) is 2.61. The number of rotatable bonds is 3. The lowest BCUT2D eigenvalue weighted by Crippen LogP contribution is -2.43. The van der Waals surface area contributed by atoms with E-state index < -0.39 is 0 Å². The highest BCUT2D eigenvalue weighted by Crippen LogP contribution is 2.19. The Morgan fingerprint density at radius 3 is 2.92 bits per heavy atom. The van der Waals surface area contributed by atoms with Gasteiger partial charge in [0.1, 0.15) is 5.82 Å². The van der Waals surface area contributed by atoms with Crippen molar-refractivity contribution < 1.29 is 0 Å². The van der Waals surface area contributed by atoms with Crippen molar-refractivity contribution in [3.8, 4) is 0 Å². The lowest BCUT2D eigenvalue weighted by Gasteiger charge is -2.33. The molecule has 1 fully saturated rings. The standard InChI is InChI=1S/C18H20N6O/c1-12-9-17(25)23-18(20-12)24-8-4-5-13(11-24)21-16-10-19-14-6-2-3-7-15(14)22-16/h2-3,6-7,9-10,13H,4-5,8,11H2,1H3,(H,21,22)(H,20,23,25). The summed E-state index contributed by atoms with van der Waals surface area (Å²) < 4.78 is 0. The van der Waals surface area contributed by atoms with E-state index in [1.165, 1.54) is 6.07 Å². The minimum atomic E-state index is -0.113. The zero-order chi connectivity index (χ0) is 17.2. The highest BCUT2D eigenvalue weighted by atomic mass is 16.1. The number of aromatic amines is 1. The lowest BCUT2D eigenvalue weighted by atomic mass is 10.1. The van der Waals surface area contributed by atoms with E-state index in [4.69, 9.17) is 0 Å². The first kappa shape index (κ1) is 15.6. The molecule has 25 heavy (non-hydrogen) atoms. The van der Waals surface area contributed by atoms with Gasteiger partial charge in [0.25, 0.3) is 5.56 Å². The number of piperidine rings is 1. The Bertz CT molecular complexity index is 953. The fourth-order valence-electron chi connectivity index (χ4n) is 3.24. The van der Waals surface area contributed by atoms with Crippen LogP contribution in [0.25, 0.3) is 11.0 Å². The van der Waals surface area contributed by atoms with E-state index in [9.17, 15) is 4.79 Å². The number of hydrogen-bond acceptors (Lipinski definition) is 6. The van der Waals surface area contributed by atoms with Crippen LogP contribution >= 0.6 is 0 Å². The van der Waals surface area contributed by atoms with E-state index in [0.29, 0.717) is 5.95 Å². The summed E-state index contributed by atoms with van der Waals surface area (Å²) in [5.74, 6) is 1.41. The number of benzene rings is 1. The molecule has 1 aromatic carbocycles. The molecule has 1 unspecified atom stereocenters. The number of hydrogen-bond donors (Lipinski definition) is 2. The van der Waals surface area contributed by atoms with Crippen molar-refractivity contribution >= 4 is 22.8 Å². The van der Waals surface area contributed by atoms with Crippen LogP contribution in [0.3, 0.4) is 0 Å². The summed E-state index contributed by atoms with van der Waals surface area (Å²) in [6.07, 6.45) is 3.84. The minimum absolute atomic E-state index is 0.113. The van der Waals surface area contributed by atoms with Crippen molar-refractivity contribution in [2.75, 3.05) is 23.3 Å². The van der Waals surface area contributed by atoms with Gasteiger partial charge in [-0.15, -0.1) is 0 Å². The third-order valence-electron chi connectivity index (χ3n) is 4.38. The Morgan fingerprint density at radius 1 is 1.24 bits per heavy atom. The second-order valence-corrected chi connectivity index (χ2v) is 6.38. The third-order valence-corrected chi connectivity index (χ3v) is 4.38. The van der Waals surface area contributed by atoms with Crippen LogP contribution in [0.4, 0.5) is 11.8 Å². The molecular weight excluding hydrogens is 316 g/mol. The first-order chi connectivity index (χ1) is 12.2. The number of aryl methyl sites for hydroxylation is 1. The highest BCUT2D eigenvalue weighted by molar-refractivity contribution is 5.75. The molecule has 7 nitrogen and oxygen atoms in total. The van der Waals surface area contributed by atoms with E-state index in [0.717, 1.165) is 48.5 Å². The molecule has 1 aliphatic rings. The van der Waals surface area contributed by atoms with Crippen molar-refractivity contribution in [1.82, 2.24) is 19.9 Å². The lowest BCUT2D eigenvalue weighted by molar-refractivity contribution is 0.521. The summed E-state index contributed by atoms with van der Waals surface area (Å²) in [5.41, 5.74) is 2.39. The SMILES string of the molecule is Cc1cc(=O)[nH]c(N2CCCC(Nc3cnc4ccccc4n3)C2)n1. The van der Waals surface area contributed by atoms with Gasteiger partial charge in [0.15, 0.2) is 0 Å². The molecule has 0 aliphatic carbocycles. The van der Waals surface area contributed by atoms with Gasteiger partial charge in [0, 0.05) is 30.9 Å². The molecule has 4 rings (SSSR count). The van der Waals surface area contributed by atoms with Crippen molar-refractivity contribution in [1.29, 1.82) is 0 Å². The fourth-order valence-corrected chi connectivity index (χ4v) is 3.24. The van der Waals surface area contributed by atoms with Crippen molar-refractivity contribution in [2.24, 2.45) is 0 Å². The van der Waals surface area contributed by atoms with Crippen LogP contribution in [-0.2, 0) is 0 Å². The summed E-state index contributed by atoms with van der Waals surface area (Å²) in [7, 11) is 0. The molecule has 1 aliphatic heterocycles. The highest BCUT2D eigenvalue weighted by Gasteiger charge is 2.22. The molecular formula is C18H20N6O. The van der Waals surface area contributed by atoms with Gasteiger partial charge in [-0.05, 0) is 31.9 Å². The van der Waals surface area contributed by atoms with E-state index in [1.54, 1.807) is 6.20 Å². The van der Waals surface area contributed by atoms with E-state index >= 15 is 0 Å². The number of fused-ring (bicyclic) bond motifs is 1. The zero-order valence-corrected chi connectivity index (χ0v) is 14.1. The maximum atomic E-state index is 11.7. The molecule has 3 heterocycles. The minimum Gasteiger partial charge on any atom is -0.364 e. The quantitative estimate of drug-likeness (QED) is 0.762. The number of H-pyrrole nitrogens is 1. The normalized spacial score (nSPS) is 17.6. The number of nitrogens with one attached hydrogen (secondary N) is 2. The largest absolute Gasteiger partial charge is 0.364 e. The summed E-state index contributed by atoms with van der Waals surface area (Å²) >= 11 is 0. The van der Waals surface area contributed by atoms with Crippen LogP contribution in [0.1, 0.15) is 18.5 Å². The predicted octanol–water partition coefficient (Wildman–Crippen LogP) is 2.10. The Kier molecular flexibility index (Phi) is 4.05. The van der Waals surface area contributed by atoms with Crippen LogP contribution < -0.4 is 15.8 Å². The molecule has 0 spiro atoms. The Morgan fingerprint density at radius 2 is 2.08 bits per heavy atom. The first-order valence-electron chi connectivity index (χ1n) is 8.48. The number of para-hydroxylation sites is 2. The zero-order valence-electron chi connectivity index (χ0n) is 14.1. The first-order valence-corrected chi connectivity index (χ1v) is 8.48. The van der Waals surface area contributed by atoms with Gasteiger partial charge in [-0.3, -0.25) is 14.8 Å². The molecule has 128 valence electrons. The predicted molar refractivity (Wildman–Crippen MR) is 98.0 cm³/mol. The van der Waals surface area contributed by atoms with Crippen LogP contribution in [0.15, 0.2) is 41.3 Å². The summed E-state index contributed by atoms with van der Waals surface area (Å²) in [6, 6.07) is 9.57. The Balaban J connectivity index is 1.51. The van der Waals surface area contributed by atoms with Gasteiger partial charge in [0.2, 0.25) is 5.95 Å². The average molecular weight is 336 g/mol. The topological polar surface area (TPSA) is 86.8 Å². The van der Waals surface area contributed by atoms with Gasteiger partial charge in [0.05, 0.1) is 17.2 Å². The van der Waals surface area contributed by atoms with E-state index in [-0.39, 0.29) is 11.6 Å². The Hall–Kier alpha value is -2.96. The maximum Gasteiger partial charge on any atom is 0.252 e. The molecule has 0 bridgehead atoms. The smallest absolute Gasteiger partial charge is 0.252 e. The van der Waals surface area contributed by atoms with Gasteiger partial charge in [-0.2, -0.15) is 0 Å². The summed E-state index contributed by atoms with van der Waals surface area (Å²) in [5, 5.41) is 3.47. The van der Waals surface area contributed by atoms with Crippen LogP contribution in [-0.4, -0.2) is 39.1 Å². The molecule has 7 heteroatoms. The van der Waals surface area contributed by atoms with Gasteiger partial charge >= 0.3 is 0 Å². The number of nitrogens with zero attached hydrogens (tertiary/aromatic N) is 4. The molecule has 2 aromatic heterocycles. The molecule has 3 aromatic rings. The van der Waals surface area contributed by atoms with Crippen LogP contribution in [0.5, 0.6) is 0 Å². The van der Waals surface area contributed by atoms with Crippen molar-refractivity contribution in [2.45, 2.75) is 25.8 Å². The second kappa shape index (κ2) is 6.51. The monoisotopic (exact) mass is 336 g/mol. The fraction of sp³-hybridized carbons (Fsp3) is 0.333. The molecule has 2 N–H and O–H groups in total.